The number of ether oxygens (including phenoxy) is 1. The molecule has 1 aliphatic carbocycles. The molecule has 50 heavy (non-hydrogen) atoms. The third kappa shape index (κ3) is 5.76. The van der Waals surface area contributed by atoms with Crippen molar-refractivity contribution >= 4 is 70.4 Å². The van der Waals surface area contributed by atoms with Crippen LogP contribution in [-0.4, -0.2) is 110 Å². The first-order valence-corrected chi connectivity index (χ1v) is 17.0. The topological polar surface area (TPSA) is 188 Å². The average molecular weight is 748 g/mol. The highest BCUT2D eigenvalue weighted by atomic mass is 35.6. The Balaban J connectivity index is 1.23. The molecule has 7 rings (SSSR count). The number of fused-ring (bicyclic) bond motifs is 1. The minimum atomic E-state index is -2.77. The largest absolute Gasteiger partial charge is 0.445 e. The Morgan fingerprint density at radius 3 is 2.60 bits per heavy atom. The van der Waals surface area contributed by atoms with Crippen molar-refractivity contribution in [3.63, 3.8) is 0 Å². The van der Waals surface area contributed by atoms with Crippen molar-refractivity contribution in [2.24, 2.45) is 4.99 Å². The fourth-order valence-electron chi connectivity index (χ4n) is 7.49. The summed E-state index contributed by atoms with van der Waals surface area (Å²) in [5.41, 5.74) is 0.947. The van der Waals surface area contributed by atoms with Crippen LogP contribution < -0.4 is 26.2 Å². The van der Waals surface area contributed by atoms with E-state index in [1.807, 2.05) is 6.07 Å². The molecule has 18 heteroatoms. The Hall–Kier alpha value is -4.28. The van der Waals surface area contributed by atoms with Crippen LogP contribution in [0.2, 0.25) is 0 Å². The molecule has 5 aliphatic rings. The number of rotatable bonds is 6. The number of hydrogen-bond donors (Lipinski definition) is 6. The number of carbonyl (C=O) groups excluding carboxylic acids is 4. The van der Waals surface area contributed by atoms with E-state index < -0.39 is 63.9 Å². The van der Waals surface area contributed by atoms with E-state index in [9.17, 15) is 29.4 Å². The lowest BCUT2D eigenvalue weighted by molar-refractivity contribution is -0.231. The van der Waals surface area contributed by atoms with Crippen LogP contribution in [0.3, 0.4) is 0 Å². The zero-order valence-electron chi connectivity index (χ0n) is 26.4. The molecule has 0 unspecified atom stereocenters. The van der Waals surface area contributed by atoms with Gasteiger partial charge in [-0.1, -0.05) is 71.7 Å². The van der Waals surface area contributed by atoms with Gasteiger partial charge in [-0.2, -0.15) is 0 Å². The van der Waals surface area contributed by atoms with Crippen molar-refractivity contribution in [3.05, 3.63) is 77.6 Å². The fraction of sp³-hybridized carbons (Fsp3) is 0.406. The molecule has 3 fully saturated rings. The van der Waals surface area contributed by atoms with Gasteiger partial charge in [0.2, 0.25) is 15.5 Å². The molecule has 0 radical (unpaired) electrons. The molecule has 0 aromatic heterocycles. The standard InChI is InChI=1S/C32H33Cl3N8O7/c1-17-36-25-22(13-42-24(44)15-41(29(42)47)19-9-3-2-4-10-19)37-27(39-28(46)50-16-30(33,34)35)43-14-23(32(48,49)31(25,43)40-17)38-26(45)21-12-6-8-18-7-5-11-20(18)21/h2-4,6,8-10,12,22-23,25,36,40,48-49H,1,5,7,11,13-16H2,(H,38,45)(H,37,39,46)/t22-,23-,25-,31-/m0/s1. The maximum absolute atomic E-state index is 13.7. The van der Waals surface area contributed by atoms with Gasteiger partial charge < -0.3 is 35.8 Å². The highest BCUT2D eigenvalue weighted by Crippen LogP contribution is 2.45. The van der Waals surface area contributed by atoms with Crippen LogP contribution in [0.15, 0.2) is 65.9 Å². The molecule has 4 aliphatic heterocycles. The smallest absolute Gasteiger partial charge is 0.414 e. The predicted molar refractivity (Wildman–Crippen MR) is 182 cm³/mol. The molecule has 1 spiro atoms. The monoisotopic (exact) mass is 746 g/mol. The molecule has 4 atom stereocenters. The number of benzene rings is 2. The first kappa shape index (κ1) is 34.2. The minimum absolute atomic E-state index is 0.158. The summed E-state index contributed by atoms with van der Waals surface area (Å²) in [5, 5.41) is 35.6. The molecule has 0 bridgehead atoms. The Labute approximate surface area is 301 Å². The van der Waals surface area contributed by atoms with Crippen LogP contribution in [0.5, 0.6) is 0 Å². The summed E-state index contributed by atoms with van der Waals surface area (Å²) in [4.78, 5) is 61.9. The van der Waals surface area contributed by atoms with Crippen LogP contribution >= 0.6 is 34.8 Å². The number of carbonyl (C=O) groups is 4. The number of para-hydroxylation sites is 1. The van der Waals surface area contributed by atoms with E-state index in [0.717, 1.165) is 28.9 Å². The molecule has 15 nitrogen and oxygen atoms in total. The average Bonchev–Trinajstić information content (AvgIpc) is 3.81. The number of guanidine groups is 1. The second-order valence-corrected chi connectivity index (χ2v) is 15.2. The number of hydrogen-bond acceptors (Lipinski definition) is 11. The fourth-order valence-corrected chi connectivity index (χ4v) is 7.66. The second-order valence-electron chi connectivity index (χ2n) is 12.7. The summed E-state index contributed by atoms with van der Waals surface area (Å²) >= 11 is 17.3. The lowest BCUT2D eigenvalue weighted by Gasteiger charge is -2.49. The van der Waals surface area contributed by atoms with Gasteiger partial charge in [0.15, 0.2) is 5.66 Å². The summed E-state index contributed by atoms with van der Waals surface area (Å²) in [6, 6.07) is 9.94. The van der Waals surface area contributed by atoms with E-state index in [1.165, 1.54) is 9.80 Å². The first-order valence-electron chi connectivity index (χ1n) is 15.8. The Morgan fingerprint density at radius 1 is 1.10 bits per heavy atom. The number of aliphatic imine (C=N–C) groups is 1. The SMILES string of the molecule is C=C1N[C@H]2[C@H](CN3C(=O)CN(c4ccccc4)C3=O)N=C(NC(=O)OCC(Cl)(Cl)Cl)N3C[C@H](NC(=O)c4cccc5c4CCC5)C(O)(O)[C@]23N1. The van der Waals surface area contributed by atoms with Gasteiger partial charge in [0.25, 0.3) is 11.8 Å². The number of halogens is 3. The van der Waals surface area contributed by atoms with Gasteiger partial charge in [-0.15, -0.1) is 0 Å². The van der Waals surface area contributed by atoms with Crippen LogP contribution in [0.25, 0.3) is 0 Å². The Morgan fingerprint density at radius 2 is 1.86 bits per heavy atom. The number of alkyl carbamates (subject to hydrolysis) is 1. The number of alkyl halides is 3. The highest BCUT2D eigenvalue weighted by Gasteiger charge is 2.74. The van der Waals surface area contributed by atoms with Gasteiger partial charge in [-0.3, -0.25) is 24.7 Å². The number of aryl methyl sites for hydroxylation is 1. The number of nitrogens with zero attached hydrogens (tertiary/aromatic N) is 4. The van der Waals surface area contributed by atoms with Crippen molar-refractivity contribution in [2.45, 2.75) is 52.6 Å². The summed E-state index contributed by atoms with van der Waals surface area (Å²) < 4.78 is 3.14. The van der Waals surface area contributed by atoms with Gasteiger partial charge in [-0.05, 0) is 48.6 Å². The van der Waals surface area contributed by atoms with E-state index in [4.69, 9.17) is 39.5 Å². The van der Waals surface area contributed by atoms with Crippen molar-refractivity contribution < 1.29 is 34.1 Å². The van der Waals surface area contributed by atoms with E-state index in [2.05, 4.69) is 32.8 Å². The Kier molecular flexibility index (Phi) is 8.54. The molecule has 6 N–H and O–H groups in total. The normalized spacial score (nSPS) is 26.5. The maximum atomic E-state index is 13.7. The van der Waals surface area contributed by atoms with Crippen molar-refractivity contribution in [1.29, 1.82) is 0 Å². The number of aliphatic hydroxyl groups is 2. The number of urea groups is 1. The first-order chi connectivity index (χ1) is 23.7. The quantitative estimate of drug-likeness (QED) is 0.143. The highest BCUT2D eigenvalue weighted by molar-refractivity contribution is 6.67. The summed E-state index contributed by atoms with van der Waals surface area (Å²) in [6.07, 6.45) is 1.36. The lowest BCUT2D eigenvalue weighted by Crippen LogP contribution is -2.78. The molecular formula is C32H33Cl3N8O7. The molecule has 3 saturated heterocycles. The summed E-state index contributed by atoms with van der Waals surface area (Å²) in [7, 11) is 0. The van der Waals surface area contributed by atoms with Crippen LogP contribution in [0.4, 0.5) is 15.3 Å². The van der Waals surface area contributed by atoms with Crippen molar-refractivity contribution in [1.82, 2.24) is 31.1 Å². The van der Waals surface area contributed by atoms with E-state index in [-0.39, 0.29) is 31.4 Å². The predicted octanol–water partition coefficient (Wildman–Crippen LogP) is 1.30. The van der Waals surface area contributed by atoms with Crippen LogP contribution in [0, 0.1) is 0 Å². The van der Waals surface area contributed by atoms with Gasteiger partial charge in [-0.25, -0.2) is 14.6 Å². The minimum Gasteiger partial charge on any atom is -0.445 e. The second kappa shape index (κ2) is 12.5. The van der Waals surface area contributed by atoms with Crippen LogP contribution in [-0.2, 0) is 22.4 Å². The maximum Gasteiger partial charge on any atom is 0.414 e. The number of nitrogens with one attached hydrogen (secondary N) is 4. The van der Waals surface area contributed by atoms with Crippen molar-refractivity contribution in [3.8, 4) is 0 Å². The van der Waals surface area contributed by atoms with E-state index >= 15 is 0 Å². The number of imide groups is 1. The van der Waals surface area contributed by atoms with Gasteiger partial charge >= 0.3 is 12.1 Å². The zero-order chi connectivity index (χ0) is 35.6. The van der Waals surface area contributed by atoms with E-state index in [1.54, 1.807) is 42.5 Å². The van der Waals surface area contributed by atoms with E-state index in [0.29, 0.717) is 17.7 Å². The van der Waals surface area contributed by atoms with Crippen molar-refractivity contribution in [2.75, 3.05) is 31.1 Å². The summed E-state index contributed by atoms with van der Waals surface area (Å²) in [6.45, 7) is 2.49. The van der Waals surface area contributed by atoms with Gasteiger partial charge in [0.1, 0.15) is 19.2 Å². The molecule has 0 saturated carbocycles. The lowest BCUT2D eigenvalue weighted by atomic mass is 9.85. The Bertz CT molecular complexity index is 1810. The zero-order valence-corrected chi connectivity index (χ0v) is 28.6. The third-order valence-corrected chi connectivity index (χ3v) is 9.99. The molecule has 5 amide bonds. The third-order valence-electron chi connectivity index (χ3n) is 9.66. The molecule has 264 valence electrons. The number of anilines is 1. The number of amides is 5. The molecule has 2 aromatic rings. The van der Waals surface area contributed by atoms with Crippen LogP contribution in [0.1, 0.15) is 27.9 Å². The van der Waals surface area contributed by atoms with Gasteiger partial charge in [0.05, 0.1) is 24.4 Å². The molecule has 4 heterocycles. The molecule has 2 aromatic carbocycles. The summed E-state index contributed by atoms with van der Waals surface area (Å²) in [5.74, 6) is -3.87. The molecular weight excluding hydrogens is 715 g/mol. The van der Waals surface area contributed by atoms with Gasteiger partial charge in [0, 0.05) is 17.8 Å².